The smallest absolute Gasteiger partial charge is 0.309 e. The quantitative estimate of drug-likeness (QED) is 0.746. The van der Waals surface area contributed by atoms with Crippen molar-refractivity contribution in [1.29, 1.82) is 0 Å². The zero-order chi connectivity index (χ0) is 14.2. The molecule has 0 N–H and O–H groups in total. The Kier molecular flexibility index (Phi) is 6.06. The van der Waals surface area contributed by atoms with Gasteiger partial charge < -0.3 is 9.47 Å². The van der Waals surface area contributed by atoms with Gasteiger partial charge in [-0.1, -0.05) is 43.5 Å². The van der Waals surface area contributed by atoms with Gasteiger partial charge in [-0.15, -0.1) is 0 Å². The van der Waals surface area contributed by atoms with Crippen molar-refractivity contribution in [2.24, 2.45) is 5.92 Å². The Hall–Kier alpha value is -1.35. The van der Waals surface area contributed by atoms with Crippen molar-refractivity contribution in [2.75, 3.05) is 13.7 Å². The maximum atomic E-state index is 11.4. The molecule has 0 spiro atoms. The number of carbonyl (C=O) groups excluding carboxylic acids is 1. The highest BCUT2D eigenvalue weighted by atomic mass is 16.5. The van der Waals surface area contributed by atoms with E-state index in [1.807, 2.05) is 24.3 Å². The number of hydrogen-bond acceptors (Lipinski definition) is 3. The molecule has 1 saturated carbocycles. The van der Waals surface area contributed by atoms with Gasteiger partial charge in [0, 0.05) is 6.61 Å². The van der Waals surface area contributed by atoms with Gasteiger partial charge >= 0.3 is 5.97 Å². The highest BCUT2D eigenvalue weighted by molar-refractivity contribution is 5.72. The van der Waals surface area contributed by atoms with Crippen LogP contribution in [0.1, 0.15) is 43.2 Å². The van der Waals surface area contributed by atoms with Crippen LogP contribution in [0.4, 0.5) is 0 Å². The van der Waals surface area contributed by atoms with E-state index < -0.39 is 0 Å². The Morgan fingerprint density at radius 1 is 1.15 bits per heavy atom. The first kappa shape index (κ1) is 15.0. The summed E-state index contributed by atoms with van der Waals surface area (Å²) in [5.74, 6) is 0.515. The number of esters is 1. The molecule has 0 heterocycles. The maximum Gasteiger partial charge on any atom is 0.309 e. The van der Waals surface area contributed by atoms with Gasteiger partial charge in [-0.25, -0.2) is 0 Å². The molecule has 0 aromatic heterocycles. The van der Waals surface area contributed by atoms with Crippen LogP contribution in [0.15, 0.2) is 24.3 Å². The Morgan fingerprint density at radius 2 is 1.85 bits per heavy atom. The lowest BCUT2D eigenvalue weighted by atomic mass is 9.90. The molecule has 3 nitrogen and oxygen atoms in total. The monoisotopic (exact) mass is 276 g/mol. The molecule has 20 heavy (non-hydrogen) atoms. The molecule has 2 rings (SSSR count). The summed E-state index contributed by atoms with van der Waals surface area (Å²) in [4.78, 5) is 11.4. The largest absolute Gasteiger partial charge is 0.469 e. The fraction of sp³-hybridized carbons (Fsp3) is 0.588. The van der Waals surface area contributed by atoms with Crippen molar-refractivity contribution in [1.82, 2.24) is 0 Å². The molecular formula is C17H24O3. The molecule has 0 unspecified atom stereocenters. The summed E-state index contributed by atoms with van der Waals surface area (Å²) in [5.41, 5.74) is 2.09. The number of methoxy groups -OCH3 is 1. The number of hydrogen-bond donors (Lipinski definition) is 0. The normalized spacial score (nSPS) is 16.1. The van der Waals surface area contributed by atoms with Crippen LogP contribution in [0.3, 0.4) is 0 Å². The van der Waals surface area contributed by atoms with Gasteiger partial charge in [0.2, 0.25) is 0 Å². The summed E-state index contributed by atoms with van der Waals surface area (Å²) in [6, 6.07) is 7.93. The van der Waals surface area contributed by atoms with Crippen molar-refractivity contribution in [2.45, 2.75) is 45.1 Å². The Balaban J connectivity index is 1.83. The molecule has 0 radical (unpaired) electrons. The molecule has 1 aliphatic rings. The van der Waals surface area contributed by atoms with E-state index in [-0.39, 0.29) is 5.97 Å². The minimum atomic E-state index is -0.204. The maximum absolute atomic E-state index is 11.4. The van der Waals surface area contributed by atoms with Crippen molar-refractivity contribution >= 4 is 5.97 Å². The summed E-state index contributed by atoms with van der Waals surface area (Å²) >= 11 is 0. The third kappa shape index (κ3) is 4.64. The number of rotatable bonds is 6. The van der Waals surface area contributed by atoms with Crippen molar-refractivity contribution in [3.8, 4) is 0 Å². The first-order chi connectivity index (χ1) is 9.79. The van der Waals surface area contributed by atoms with Crippen LogP contribution in [-0.4, -0.2) is 19.7 Å². The third-order valence-corrected chi connectivity index (χ3v) is 4.02. The van der Waals surface area contributed by atoms with E-state index in [4.69, 9.17) is 9.47 Å². The lowest BCUT2D eigenvalue weighted by Gasteiger charge is -2.21. The van der Waals surface area contributed by atoms with E-state index in [0.717, 1.165) is 23.7 Å². The van der Waals surface area contributed by atoms with Crippen molar-refractivity contribution in [3.05, 3.63) is 35.4 Å². The van der Waals surface area contributed by atoms with E-state index in [9.17, 15) is 4.79 Å². The number of ether oxygens (including phenoxy) is 2. The molecular weight excluding hydrogens is 252 g/mol. The predicted molar refractivity (Wildman–Crippen MR) is 78.4 cm³/mol. The Labute approximate surface area is 121 Å². The highest BCUT2D eigenvalue weighted by Crippen LogP contribution is 2.24. The van der Waals surface area contributed by atoms with Crippen LogP contribution in [-0.2, 0) is 27.3 Å². The van der Waals surface area contributed by atoms with Crippen LogP contribution < -0.4 is 0 Å². The molecule has 0 amide bonds. The highest BCUT2D eigenvalue weighted by Gasteiger charge is 2.14. The third-order valence-electron chi connectivity index (χ3n) is 4.02. The number of benzene rings is 1. The van der Waals surface area contributed by atoms with Gasteiger partial charge in [0.25, 0.3) is 0 Å². The van der Waals surface area contributed by atoms with E-state index in [2.05, 4.69) is 0 Å². The van der Waals surface area contributed by atoms with Crippen LogP contribution in [0, 0.1) is 5.92 Å². The second-order valence-corrected chi connectivity index (χ2v) is 5.54. The summed E-state index contributed by atoms with van der Waals surface area (Å²) in [7, 11) is 1.42. The van der Waals surface area contributed by atoms with Gasteiger partial charge in [-0.2, -0.15) is 0 Å². The SMILES string of the molecule is COC(=O)Cc1ccccc1COCC1CCCCC1. The summed E-state index contributed by atoms with van der Waals surface area (Å²) in [5, 5.41) is 0. The fourth-order valence-corrected chi connectivity index (χ4v) is 2.79. The van der Waals surface area contributed by atoms with Crippen LogP contribution in [0.5, 0.6) is 0 Å². The van der Waals surface area contributed by atoms with Gasteiger partial charge in [0.1, 0.15) is 0 Å². The van der Waals surface area contributed by atoms with E-state index in [0.29, 0.717) is 13.0 Å². The molecule has 3 heteroatoms. The van der Waals surface area contributed by atoms with E-state index in [1.165, 1.54) is 39.2 Å². The molecule has 0 saturated heterocycles. The lowest BCUT2D eigenvalue weighted by Crippen LogP contribution is -2.14. The topological polar surface area (TPSA) is 35.5 Å². The van der Waals surface area contributed by atoms with Crippen LogP contribution in [0.2, 0.25) is 0 Å². The molecule has 1 aliphatic carbocycles. The first-order valence-corrected chi connectivity index (χ1v) is 7.51. The Morgan fingerprint density at radius 3 is 2.55 bits per heavy atom. The molecule has 110 valence electrons. The second-order valence-electron chi connectivity index (χ2n) is 5.54. The molecule has 1 aromatic rings. The average molecular weight is 276 g/mol. The van der Waals surface area contributed by atoms with E-state index >= 15 is 0 Å². The standard InChI is InChI=1S/C17H24O3/c1-19-17(18)11-15-9-5-6-10-16(15)13-20-12-14-7-3-2-4-8-14/h5-6,9-10,14H,2-4,7-8,11-13H2,1H3. The lowest BCUT2D eigenvalue weighted by molar-refractivity contribution is -0.139. The molecule has 0 bridgehead atoms. The first-order valence-electron chi connectivity index (χ1n) is 7.51. The van der Waals surface area contributed by atoms with Gasteiger partial charge in [0.15, 0.2) is 0 Å². The fourth-order valence-electron chi connectivity index (χ4n) is 2.79. The van der Waals surface area contributed by atoms with Crippen LogP contribution in [0.25, 0.3) is 0 Å². The molecule has 0 aliphatic heterocycles. The molecule has 1 aromatic carbocycles. The Bertz CT molecular complexity index is 422. The minimum absolute atomic E-state index is 0.204. The average Bonchev–Trinajstić information content (AvgIpc) is 2.50. The zero-order valence-corrected chi connectivity index (χ0v) is 12.3. The molecule has 0 atom stereocenters. The van der Waals surface area contributed by atoms with Gasteiger partial charge in [-0.3, -0.25) is 4.79 Å². The van der Waals surface area contributed by atoms with Gasteiger partial charge in [-0.05, 0) is 29.9 Å². The zero-order valence-electron chi connectivity index (χ0n) is 12.3. The number of carbonyl (C=O) groups is 1. The van der Waals surface area contributed by atoms with Gasteiger partial charge in [0.05, 0.1) is 20.1 Å². The van der Waals surface area contributed by atoms with Crippen molar-refractivity contribution < 1.29 is 14.3 Å². The van der Waals surface area contributed by atoms with E-state index in [1.54, 1.807) is 0 Å². The second kappa shape index (κ2) is 8.05. The van der Waals surface area contributed by atoms with Crippen molar-refractivity contribution in [3.63, 3.8) is 0 Å². The minimum Gasteiger partial charge on any atom is -0.469 e. The summed E-state index contributed by atoms with van der Waals surface area (Å²) < 4.78 is 10.6. The predicted octanol–water partition coefficient (Wildman–Crippen LogP) is 3.50. The summed E-state index contributed by atoms with van der Waals surface area (Å²) in [6.07, 6.45) is 6.96. The summed E-state index contributed by atoms with van der Waals surface area (Å²) in [6.45, 7) is 1.43. The molecule has 1 fully saturated rings. The van der Waals surface area contributed by atoms with Crippen LogP contribution >= 0.6 is 0 Å².